The van der Waals surface area contributed by atoms with E-state index in [2.05, 4.69) is 88.5 Å². The van der Waals surface area contributed by atoms with Crippen LogP contribution in [-0.2, 0) is 0 Å². The first-order chi connectivity index (χ1) is 9.97. The van der Waals surface area contributed by atoms with Gasteiger partial charge in [-0.25, -0.2) is 0 Å². The van der Waals surface area contributed by atoms with Crippen molar-refractivity contribution in [2.75, 3.05) is 0 Å². The van der Waals surface area contributed by atoms with Crippen LogP contribution in [-0.4, -0.2) is 0 Å². The Balaban J connectivity index is 2.05. The number of nitrogens with one attached hydrogen (secondary N) is 1. The zero-order chi connectivity index (χ0) is 15.4. The van der Waals surface area contributed by atoms with Crippen LogP contribution >= 0.6 is 0 Å². The molecule has 0 radical (unpaired) electrons. The van der Waals surface area contributed by atoms with Gasteiger partial charge in [0.15, 0.2) is 0 Å². The number of hydrogen-bond acceptors (Lipinski definition) is 1. The Kier molecular flexibility index (Phi) is 5.19. The second kappa shape index (κ2) is 6.91. The van der Waals surface area contributed by atoms with E-state index in [4.69, 9.17) is 0 Å². The Labute approximate surface area is 129 Å². The molecule has 112 valence electrons. The normalized spacial score (nSPS) is 14.2. The van der Waals surface area contributed by atoms with Gasteiger partial charge in [-0.05, 0) is 43.4 Å². The van der Waals surface area contributed by atoms with Crippen LogP contribution in [0.2, 0.25) is 0 Å². The molecule has 1 heteroatoms. The third-order valence-electron chi connectivity index (χ3n) is 4.15. The molecule has 2 aromatic rings. The van der Waals surface area contributed by atoms with Gasteiger partial charge in [0.05, 0.1) is 0 Å². The summed E-state index contributed by atoms with van der Waals surface area (Å²) < 4.78 is 0. The average Bonchev–Trinajstić information content (AvgIpc) is 2.47. The van der Waals surface area contributed by atoms with Crippen molar-refractivity contribution >= 4 is 0 Å². The third-order valence-corrected chi connectivity index (χ3v) is 4.15. The predicted molar refractivity (Wildman–Crippen MR) is 91.7 cm³/mol. The van der Waals surface area contributed by atoms with Crippen molar-refractivity contribution in [1.29, 1.82) is 0 Å². The summed E-state index contributed by atoms with van der Waals surface area (Å²) in [5.74, 6) is 0.591. The van der Waals surface area contributed by atoms with E-state index in [1.165, 1.54) is 22.3 Å². The van der Waals surface area contributed by atoms with Crippen LogP contribution in [0.1, 0.15) is 68.0 Å². The molecule has 0 saturated carbocycles. The van der Waals surface area contributed by atoms with Gasteiger partial charge in [0.25, 0.3) is 0 Å². The molecule has 2 aromatic carbocycles. The zero-order valence-corrected chi connectivity index (χ0v) is 13.9. The highest BCUT2D eigenvalue weighted by Crippen LogP contribution is 2.22. The van der Waals surface area contributed by atoms with Gasteiger partial charge >= 0.3 is 0 Å². The molecule has 0 spiro atoms. The highest BCUT2D eigenvalue weighted by atomic mass is 14.9. The fourth-order valence-electron chi connectivity index (χ4n) is 2.68. The lowest BCUT2D eigenvalue weighted by Gasteiger charge is -2.21. The van der Waals surface area contributed by atoms with Crippen molar-refractivity contribution in [1.82, 2.24) is 5.32 Å². The molecule has 1 N–H and O–H groups in total. The standard InChI is InChI=1S/C20H27N/c1-14(2)18-9-11-19(12-10-18)16(4)21-17(5)20-8-6-7-15(3)13-20/h6-14,16-17,21H,1-5H3. The van der Waals surface area contributed by atoms with E-state index in [0.29, 0.717) is 18.0 Å². The molecule has 0 aromatic heterocycles. The minimum absolute atomic E-state index is 0.349. The second-order valence-corrected chi connectivity index (χ2v) is 6.35. The summed E-state index contributed by atoms with van der Waals surface area (Å²) in [6.07, 6.45) is 0. The smallest absolute Gasteiger partial charge is 0.0297 e. The fraction of sp³-hybridized carbons (Fsp3) is 0.400. The summed E-state index contributed by atoms with van der Waals surface area (Å²) >= 11 is 0. The minimum atomic E-state index is 0.349. The highest BCUT2D eigenvalue weighted by molar-refractivity contribution is 5.28. The molecule has 0 bridgehead atoms. The lowest BCUT2D eigenvalue weighted by Crippen LogP contribution is -2.22. The van der Waals surface area contributed by atoms with Gasteiger partial charge in [0.2, 0.25) is 0 Å². The maximum atomic E-state index is 3.69. The lowest BCUT2D eigenvalue weighted by molar-refractivity contribution is 0.494. The van der Waals surface area contributed by atoms with Crippen LogP contribution in [0.5, 0.6) is 0 Å². The van der Waals surface area contributed by atoms with Crippen LogP contribution in [0.3, 0.4) is 0 Å². The van der Waals surface area contributed by atoms with E-state index in [1.54, 1.807) is 0 Å². The summed E-state index contributed by atoms with van der Waals surface area (Å²) in [5, 5.41) is 3.69. The van der Waals surface area contributed by atoms with Gasteiger partial charge in [0.1, 0.15) is 0 Å². The van der Waals surface area contributed by atoms with Crippen molar-refractivity contribution < 1.29 is 0 Å². The van der Waals surface area contributed by atoms with Gasteiger partial charge < -0.3 is 5.32 Å². The molecule has 0 saturated heterocycles. The molecule has 0 fully saturated rings. The molecular formula is C20H27N. The van der Waals surface area contributed by atoms with Crippen LogP contribution in [0, 0.1) is 6.92 Å². The molecule has 2 rings (SSSR count). The van der Waals surface area contributed by atoms with Crippen LogP contribution in [0.4, 0.5) is 0 Å². The number of aryl methyl sites for hydroxylation is 1. The van der Waals surface area contributed by atoms with E-state index in [0.717, 1.165) is 0 Å². The van der Waals surface area contributed by atoms with E-state index >= 15 is 0 Å². The van der Waals surface area contributed by atoms with Crippen molar-refractivity contribution in [2.24, 2.45) is 0 Å². The quantitative estimate of drug-likeness (QED) is 0.759. The van der Waals surface area contributed by atoms with E-state index in [1.807, 2.05) is 0 Å². The van der Waals surface area contributed by atoms with Gasteiger partial charge in [-0.3, -0.25) is 0 Å². The van der Waals surface area contributed by atoms with Crippen LogP contribution in [0.25, 0.3) is 0 Å². The Morgan fingerprint density at radius 1 is 0.714 bits per heavy atom. The molecular weight excluding hydrogens is 254 g/mol. The van der Waals surface area contributed by atoms with Gasteiger partial charge in [-0.1, -0.05) is 67.9 Å². The van der Waals surface area contributed by atoms with Crippen LogP contribution < -0.4 is 5.32 Å². The molecule has 21 heavy (non-hydrogen) atoms. The van der Waals surface area contributed by atoms with E-state index in [9.17, 15) is 0 Å². The zero-order valence-electron chi connectivity index (χ0n) is 13.9. The van der Waals surface area contributed by atoms with Crippen molar-refractivity contribution in [3.63, 3.8) is 0 Å². The maximum absolute atomic E-state index is 3.69. The van der Waals surface area contributed by atoms with Gasteiger partial charge in [-0.15, -0.1) is 0 Å². The summed E-state index contributed by atoms with van der Waals surface area (Å²) in [7, 11) is 0. The maximum Gasteiger partial charge on any atom is 0.0297 e. The van der Waals surface area contributed by atoms with Crippen molar-refractivity contribution in [3.05, 3.63) is 70.8 Å². The largest absolute Gasteiger partial charge is 0.304 e. The molecule has 2 atom stereocenters. The van der Waals surface area contributed by atoms with E-state index in [-0.39, 0.29) is 0 Å². The van der Waals surface area contributed by atoms with Crippen molar-refractivity contribution in [3.8, 4) is 0 Å². The summed E-state index contributed by atoms with van der Waals surface area (Å²) in [5.41, 5.74) is 5.41. The molecule has 0 aliphatic rings. The van der Waals surface area contributed by atoms with Gasteiger partial charge in [-0.2, -0.15) is 0 Å². The fourth-order valence-corrected chi connectivity index (χ4v) is 2.68. The Bertz CT molecular complexity index is 569. The van der Waals surface area contributed by atoms with Gasteiger partial charge in [0, 0.05) is 12.1 Å². The number of hydrogen-bond donors (Lipinski definition) is 1. The molecule has 0 aliphatic carbocycles. The van der Waals surface area contributed by atoms with Crippen LogP contribution in [0.15, 0.2) is 48.5 Å². The summed E-state index contributed by atoms with van der Waals surface area (Å²) in [4.78, 5) is 0. The highest BCUT2D eigenvalue weighted by Gasteiger charge is 2.11. The molecule has 0 heterocycles. The monoisotopic (exact) mass is 281 g/mol. The minimum Gasteiger partial charge on any atom is -0.304 e. The Morgan fingerprint density at radius 3 is 1.86 bits per heavy atom. The number of benzene rings is 2. The first-order valence-corrected chi connectivity index (χ1v) is 7.90. The van der Waals surface area contributed by atoms with Crippen molar-refractivity contribution in [2.45, 2.75) is 52.6 Å². The van der Waals surface area contributed by atoms with E-state index < -0.39 is 0 Å². The SMILES string of the molecule is Cc1cccc(C(C)NC(C)c2ccc(C(C)C)cc2)c1. The Morgan fingerprint density at radius 2 is 1.29 bits per heavy atom. The predicted octanol–water partition coefficient (Wildman–Crippen LogP) is 5.53. The third kappa shape index (κ3) is 4.18. The molecule has 2 unspecified atom stereocenters. The lowest BCUT2D eigenvalue weighted by atomic mass is 9.98. The number of rotatable bonds is 5. The summed E-state index contributed by atoms with van der Waals surface area (Å²) in [6, 6.07) is 18.4. The summed E-state index contributed by atoms with van der Waals surface area (Å²) in [6.45, 7) is 11.1. The first kappa shape index (κ1) is 15.8. The molecule has 0 aliphatic heterocycles. The molecule has 0 amide bonds. The first-order valence-electron chi connectivity index (χ1n) is 7.90. The average molecular weight is 281 g/mol. The topological polar surface area (TPSA) is 12.0 Å². The Hall–Kier alpha value is -1.60. The second-order valence-electron chi connectivity index (χ2n) is 6.35. The molecule has 1 nitrogen and oxygen atoms in total.